The van der Waals surface area contributed by atoms with E-state index in [-0.39, 0.29) is 0 Å². The molecular weight excluding hydrogens is 348 g/mol. The Bertz CT molecular complexity index is 720. The normalized spacial score (nSPS) is 18.6. The van der Waals surface area contributed by atoms with Crippen molar-refractivity contribution in [1.82, 2.24) is 0 Å². The monoisotopic (exact) mass is 378 g/mol. The fourth-order valence-electron chi connectivity index (χ4n) is 4.75. The summed E-state index contributed by atoms with van der Waals surface area (Å²) in [6.45, 7) is 0. The maximum Gasteiger partial charge on any atom is 0.519 e. The Morgan fingerprint density at radius 3 is 1.50 bits per heavy atom. The second kappa shape index (κ2) is 9.27. The summed E-state index contributed by atoms with van der Waals surface area (Å²) in [7, 11) is 0. The number of carbonyl (C=O) groups excluding carboxylic acids is 1. The summed E-state index contributed by atoms with van der Waals surface area (Å²) in [5, 5.41) is 0. The zero-order valence-electron chi connectivity index (χ0n) is 16.6. The van der Waals surface area contributed by atoms with Gasteiger partial charge in [-0.3, -0.25) is 0 Å². The topological polar surface area (TPSA) is 35.5 Å². The Morgan fingerprint density at radius 2 is 1.07 bits per heavy atom. The Kier molecular flexibility index (Phi) is 6.31. The molecule has 0 aliphatic heterocycles. The molecule has 4 rings (SSSR count). The molecule has 0 heterocycles. The highest BCUT2D eigenvalue weighted by atomic mass is 16.7. The van der Waals surface area contributed by atoms with Crippen LogP contribution in [0.5, 0.6) is 11.5 Å². The first kappa shape index (κ1) is 19.0. The van der Waals surface area contributed by atoms with Gasteiger partial charge in [0.05, 0.1) is 0 Å². The molecule has 0 amide bonds. The van der Waals surface area contributed by atoms with Crippen LogP contribution in [-0.2, 0) is 0 Å². The molecular formula is C25H30O3. The lowest BCUT2D eigenvalue weighted by atomic mass is 9.84. The van der Waals surface area contributed by atoms with E-state index in [9.17, 15) is 4.79 Å². The quantitative estimate of drug-likeness (QED) is 0.412. The van der Waals surface area contributed by atoms with E-state index in [1.807, 2.05) is 36.4 Å². The maximum absolute atomic E-state index is 12.3. The van der Waals surface area contributed by atoms with Crippen LogP contribution >= 0.6 is 0 Å². The van der Waals surface area contributed by atoms with E-state index in [1.165, 1.54) is 75.3 Å². The molecule has 3 heteroatoms. The van der Waals surface area contributed by atoms with Crippen molar-refractivity contribution in [3.8, 4) is 11.5 Å². The van der Waals surface area contributed by atoms with Crippen molar-refractivity contribution >= 4 is 6.16 Å². The third kappa shape index (κ3) is 4.95. The van der Waals surface area contributed by atoms with Crippen molar-refractivity contribution in [2.75, 3.05) is 0 Å². The van der Waals surface area contributed by atoms with Crippen LogP contribution in [0.2, 0.25) is 0 Å². The minimum Gasteiger partial charge on any atom is -0.395 e. The average Bonchev–Trinajstić information content (AvgIpc) is 2.75. The Hall–Kier alpha value is -2.29. The van der Waals surface area contributed by atoms with Gasteiger partial charge in [0.1, 0.15) is 11.5 Å². The Labute approximate surface area is 168 Å². The van der Waals surface area contributed by atoms with Crippen molar-refractivity contribution in [2.24, 2.45) is 0 Å². The fourth-order valence-corrected chi connectivity index (χ4v) is 4.75. The first-order valence-corrected chi connectivity index (χ1v) is 10.9. The lowest BCUT2D eigenvalue weighted by Crippen LogP contribution is -2.14. The molecule has 0 radical (unpaired) electrons. The number of rotatable bonds is 4. The van der Waals surface area contributed by atoms with Crippen molar-refractivity contribution in [3.05, 3.63) is 59.7 Å². The fraction of sp³-hybridized carbons (Fsp3) is 0.480. The highest BCUT2D eigenvalue weighted by molar-refractivity contribution is 5.67. The predicted molar refractivity (Wildman–Crippen MR) is 111 cm³/mol. The van der Waals surface area contributed by atoms with Gasteiger partial charge in [0.15, 0.2) is 0 Å². The molecule has 2 aliphatic rings. The predicted octanol–water partition coefficient (Wildman–Crippen LogP) is 7.36. The van der Waals surface area contributed by atoms with Crippen LogP contribution in [0.3, 0.4) is 0 Å². The highest BCUT2D eigenvalue weighted by Gasteiger charge is 2.18. The molecule has 28 heavy (non-hydrogen) atoms. The van der Waals surface area contributed by atoms with E-state index in [0.29, 0.717) is 23.3 Å². The number of benzene rings is 2. The molecule has 0 aromatic heterocycles. The van der Waals surface area contributed by atoms with Gasteiger partial charge in [-0.1, -0.05) is 62.8 Å². The molecule has 2 aliphatic carbocycles. The van der Waals surface area contributed by atoms with Crippen molar-refractivity contribution in [2.45, 2.75) is 76.0 Å². The molecule has 148 valence electrons. The average molecular weight is 379 g/mol. The minimum atomic E-state index is -0.665. The van der Waals surface area contributed by atoms with E-state index in [1.54, 1.807) is 0 Å². The van der Waals surface area contributed by atoms with E-state index in [2.05, 4.69) is 12.1 Å². The zero-order chi connectivity index (χ0) is 19.2. The standard InChI is InChI=1S/C25H30O3/c26-25(27-23-15-7-13-21(17-23)19-9-3-1-4-10-19)28-24-16-8-14-22(18-24)20-11-5-2-6-12-20/h7-8,13-20H,1-6,9-12H2. The van der Waals surface area contributed by atoms with E-state index < -0.39 is 6.16 Å². The van der Waals surface area contributed by atoms with Gasteiger partial charge in [-0.25, -0.2) is 4.79 Å². The Balaban J connectivity index is 1.38. The molecule has 0 bridgehead atoms. The third-order valence-corrected chi connectivity index (χ3v) is 6.27. The van der Waals surface area contributed by atoms with Gasteiger partial charge in [-0.15, -0.1) is 0 Å². The molecule has 0 atom stereocenters. The molecule has 0 saturated heterocycles. The highest BCUT2D eigenvalue weighted by Crippen LogP contribution is 2.35. The maximum atomic E-state index is 12.3. The Morgan fingerprint density at radius 1 is 0.643 bits per heavy atom. The summed E-state index contributed by atoms with van der Waals surface area (Å²) in [6.07, 6.45) is 12.0. The molecule has 0 spiro atoms. The van der Waals surface area contributed by atoms with Gasteiger partial charge >= 0.3 is 6.16 Å². The van der Waals surface area contributed by atoms with Crippen LogP contribution in [0.1, 0.15) is 87.2 Å². The van der Waals surface area contributed by atoms with Crippen molar-refractivity contribution in [3.63, 3.8) is 0 Å². The van der Waals surface area contributed by atoms with E-state index in [0.717, 1.165) is 0 Å². The second-order valence-corrected chi connectivity index (χ2v) is 8.27. The summed E-state index contributed by atoms with van der Waals surface area (Å²) >= 11 is 0. The van der Waals surface area contributed by atoms with Crippen LogP contribution in [0.25, 0.3) is 0 Å². The largest absolute Gasteiger partial charge is 0.519 e. The van der Waals surface area contributed by atoms with Crippen LogP contribution < -0.4 is 9.47 Å². The number of hydrogen-bond donors (Lipinski definition) is 0. The molecule has 2 aromatic rings. The first-order chi connectivity index (χ1) is 13.8. The van der Waals surface area contributed by atoms with Crippen molar-refractivity contribution in [1.29, 1.82) is 0 Å². The SMILES string of the molecule is O=C(Oc1cccc(C2CCCCC2)c1)Oc1cccc(C2CCCCC2)c1. The summed E-state index contributed by atoms with van der Waals surface area (Å²) < 4.78 is 10.9. The molecule has 2 fully saturated rings. The minimum absolute atomic E-state index is 0.566. The first-order valence-electron chi connectivity index (χ1n) is 10.9. The van der Waals surface area contributed by atoms with Gasteiger partial charge in [0, 0.05) is 0 Å². The molecule has 0 N–H and O–H groups in total. The molecule has 3 nitrogen and oxygen atoms in total. The molecule has 2 aromatic carbocycles. The zero-order valence-corrected chi connectivity index (χ0v) is 16.6. The van der Waals surface area contributed by atoms with Crippen molar-refractivity contribution < 1.29 is 14.3 Å². The lowest BCUT2D eigenvalue weighted by Gasteiger charge is -2.22. The molecule has 0 unspecified atom stereocenters. The summed E-state index contributed by atoms with van der Waals surface area (Å²) in [6, 6.07) is 15.9. The van der Waals surface area contributed by atoms with Gasteiger partial charge in [0.25, 0.3) is 0 Å². The van der Waals surface area contributed by atoms with Crippen LogP contribution in [0.15, 0.2) is 48.5 Å². The summed E-state index contributed by atoms with van der Waals surface area (Å²) in [5.74, 6) is 2.30. The van der Waals surface area contributed by atoms with Crippen LogP contribution in [-0.4, -0.2) is 6.16 Å². The molecule has 2 saturated carbocycles. The number of carbonyl (C=O) groups is 1. The van der Waals surface area contributed by atoms with Crippen LogP contribution in [0.4, 0.5) is 4.79 Å². The lowest BCUT2D eigenvalue weighted by molar-refractivity contribution is 0.151. The summed E-state index contributed by atoms with van der Waals surface area (Å²) in [4.78, 5) is 12.3. The van der Waals surface area contributed by atoms with Gasteiger partial charge in [0.2, 0.25) is 0 Å². The van der Waals surface area contributed by atoms with Gasteiger partial charge in [-0.05, 0) is 72.9 Å². The van der Waals surface area contributed by atoms with Gasteiger partial charge < -0.3 is 9.47 Å². The van der Waals surface area contributed by atoms with Gasteiger partial charge in [-0.2, -0.15) is 0 Å². The third-order valence-electron chi connectivity index (χ3n) is 6.27. The second-order valence-electron chi connectivity index (χ2n) is 8.27. The number of ether oxygens (including phenoxy) is 2. The smallest absolute Gasteiger partial charge is 0.395 e. The number of hydrogen-bond acceptors (Lipinski definition) is 3. The van der Waals surface area contributed by atoms with E-state index in [4.69, 9.17) is 9.47 Å². The summed E-state index contributed by atoms with van der Waals surface area (Å²) in [5.41, 5.74) is 2.54. The van der Waals surface area contributed by atoms with E-state index >= 15 is 0 Å². The van der Waals surface area contributed by atoms with Crippen LogP contribution in [0, 0.1) is 0 Å².